The summed E-state index contributed by atoms with van der Waals surface area (Å²) < 4.78 is 83.5. The highest BCUT2D eigenvalue weighted by Crippen LogP contribution is 2.20. The third-order valence-corrected chi connectivity index (χ3v) is 10.5. The molecule has 1 saturated heterocycles. The van der Waals surface area contributed by atoms with Crippen molar-refractivity contribution in [2.75, 3.05) is 101 Å². The zero-order valence-corrected chi connectivity index (χ0v) is 63.0. The van der Waals surface area contributed by atoms with Crippen LogP contribution >= 0.6 is 0 Å². The molecule has 0 bridgehead atoms. The average Bonchev–Trinajstić information content (AvgIpc) is 3.45. The number of methoxy groups -OCH3 is 1. The summed E-state index contributed by atoms with van der Waals surface area (Å²) in [5, 5.41) is 0. The van der Waals surface area contributed by atoms with Crippen molar-refractivity contribution in [1.82, 2.24) is 0 Å². The Hall–Kier alpha value is -2.34. The molecule has 1 unspecified atom stereocenters. The highest BCUT2D eigenvalue weighted by Gasteiger charge is 2.21. The van der Waals surface area contributed by atoms with Crippen molar-refractivity contribution in [1.29, 1.82) is 0 Å². The van der Waals surface area contributed by atoms with E-state index in [0.717, 1.165) is 31.6 Å². The Kier molecular flexibility index (Phi) is 65.0. The van der Waals surface area contributed by atoms with Gasteiger partial charge in [0.25, 0.3) is 0 Å². The molecule has 0 amide bonds. The maximum absolute atomic E-state index is 5.66. The Morgan fingerprint density at radius 3 is 1.26 bits per heavy atom. The van der Waals surface area contributed by atoms with Crippen molar-refractivity contribution in [2.24, 2.45) is 0 Å². The minimum atomic E-state index is -0.934. The van der Waals surface area contributed by atoms with Crippen molar-refractivity contribution < 1.29 is 75.8 Å². The standard InChI is InChI=1S/C10H24O2Si.C10H20O2.3C9H18O2.C8H16O2.C8H14O2.C7H12O2/c1-10(2,3)12-9-11-7-8-13(4,5)6;1-5-6-7-8-11-9-12-10(2,3)4;1-9(2,3)11-8-6-4-5-7-10-8;1-8(2)6-10-7-11-9(3,4)5;1-5-6-7-10-8-11-9(2,3)4;2*1-5-6-9-7-10-8(2,3)4;1-5-7(2,3)9-6-8-4/h7-9H2,1-6H3;6-7H,5,8-9H2,1-4H3;8H,4-7H2,1-3H3;1,6-7H2,2-5H3;5-6H,7-8H2,1-4H3;5H,1,6-7H2,2-4H3;1H,6-7H2,2-4H3;1H,6H2,2-4H3/b;7-6+;;;6-5+;;;. The molecule has 1 atom stereocenters. The summed E-state index contributed by atoms with van der Waals surface area (Å²) in [6.45, 7) is 72.9. The number of allylic oxidation sites excluding steroid dienone is 2. The lowest BCUT2D eigenvalue weighted by molar-refractivity contribution is -0.210. The van der Waals surface area contributed by atoms with E-state index < -0.39 is 13.7 Å². The van der Waals surface area contributed by atoms with Crippen LogP contribution in [0.15, 0.2) is 49.1 Å². The normalized spacial score (nSPS) is 14.0. The molecule has 1 rings (SSSR count). The third-order valence-electron chi connectivity index (χ3n) is 8.79. The Labute approximate surface area is 538 Å². The van der Waals surface area contributed by atoms with E-state index in [1.807, 2.05) is 171 Å². The molecule has 0 aromatic carbocycles. The van der Waals surface area contributed by atoms with Crippen LogP contribution in [-0.4, -0.2) is 160 Å². The molecule has 0 aromatic rings. The molecule has 1 aliphatic heterocycles. The second kappa shape index (κ2) is 57.5. The number of terminal acetylenes is 2. The maximum Gasteiger partial charge on any atom is 0.158 e. The summed E-state index contributed by atoms with van der Waals surface area (Å²) in [6.07, 6.45) is 24.3. The molecule has 16 nitrogen and oxygen atoms in total. The van der Waals surface area contributed by atoms with Gasteiger partial charge >= 0.3 is 0 Å². The Bertz CT molecular complexity index is 1640. The van der Waals surface area contributed by atoms with E-state index in [9.17, 15) is 0 Å². The first-order valence-electron chi connectivity index (χ1n) is 30.7. The SMILES string of the molecule is C#CC(C)(C)OCOC.C#CCOCOC(C)(C)C.C/C=C/COCOC(C)(C)C.C=C(C)COCOC(C)(C)C.C=CCOCOC(C)(C)C.CC(C)(C)OC1CCCCO1.CC(C)(C)OCOCC[Si](C)(C)C.CC/C=C/COCOC(C)(C)C. The van der Waals surface area contributed by atoms with Crippen molar-refractivity contribution in [2.45, 2.75) is 282 Å². The van der Waals surface area contributed by atoms with Crippen LogP contribution in [-0.2, 0) is 75.8 Å². The zero-order valence-electron chi connectivity index (χ0n) is 62.0. The molecule has 1 aliphatic rings. The molecule has 0 spiro atoms. The molecular formula is C70H140O16Si. The van der Waals surface area contributed by atoms with Crippen LogP contribution in [0.1, 0.15) is 206 Å². The van der Waals surface area contributed by atoms with Crippen LogP contribution in [0.4, 0.5) is 0 Å². The van der Waals surface area contributed by atoms with Gasteiger partial charge in [-0.25, -0.2) is 0 Å². The fraction of sp³-hybridized carbons (Fsp3) is 0.829. The lowest BCUT2D eigenvalue weighted by atomic mass is 10.1. The largest absolute Gasteiger partial charge is 0.359 e. The second-order valence-corrected chi connectivity index (χ2v) is 34.0. The monoisotopic (exact) mass is 1260 g/mol. The third kappa shape index (κ3) is 122. The van der Waals surface area contributed by atoms with Crippen LogP contribution in [0.3, 0.4) is 0 Å². The second-order valence-electron chi connectivity index (χ2n) is 28.4. The molecular weight excluding hydrogens is 1120 g/mol. The summed E-state index contributed by atoms with van der Waals surface area (Å²) in [6, 6.07) is 1.21. The van der Waals surface area contributed by atoms with Crippen molar-refractivity contribution >= 4 is 8.07 Å². The highest BCUT2D eigenvalue weighted by atomic mass is 28.3. The first kappa shape index (κ1) is 98.2. The molecule has 0 N–H and O–H groups in total. The van der Waals surface area contributed by atoms with E-state index in [4.69, 9.17) is 83.9 Å². The van der Waals surface area contributed by atoms with E-state index in [-0.39, 0.29) is 59.1 Å². The van der Waals surface area contributed by atoms with Gasteiger partial charge < -0.3 is 75.8 Å². The van der Waals surface area contributed by atoms with Crippen molar-refractivity contribution in [3.05, 3.63) is 49.1 Å². The fourth-order valence-electron chi connectivity index (χ4n) is 4.21. The molecule has 0 saturated carbocycles. The minimum Gasteiger partial charge on any atom is -0.359 e. The number of ether oxygens (including phenoxy) is 16. The van der Waals surface area contributed by atoms with E-state index in [0.29, 0.717) is 67.0 Å². The molecule has 1 fully saturated rings. The van der Waals surface area contributed by atoms with Gasteiger partial charge in [-0.05, 0) is 205 Å². The van der Waals surface area contributed by atoms with Gasteiger partial charge in [-0.2, -0.15) is 0 Å². The van der Waals surface area contributed by atoms with E-state index in [1.54, 1.807) is 13.2 Å². The first-order valence-corrected chi connectivity index (χ1v) is 34.4. The zero-order chi connectivity index (χ0) is 69.4. The average molecular weight is 1270 g/mol. The van der Waals surface area contributed by atoms with Gasteiger partial charge in [0.15, 0.2) is 6.29 Å². The Morgan fingerprint density at radius 2 is 0.943 bits per heavy atom. The van der Waals surface area contributed by atoms with Crippen molar-refractivity contribution in [3.63, 3.8) is 0 Å². The fourth-order valence-corrected chi connectivity index (χ4v) is 4.96. The summed E-state index contributed by atoms with van der Waals surface area (Å²) >= 11 is 0. The van der Waals surface area contributed by atoms with E-state index in [2.05, 4.69) is 83.1 Å². The smallest absolute Gasteiger partial charge is 0.158 e. The summed E-state index contributed by atoms with van der Waals surface area (Å²) in [4.78, 5) is 0. The lowest BCUT2D eigenvalue weighted by Gasteiger charge is -2.29. The molecule has 0 aliphatic carbocycles. The van der Waals surface area contributed by atoms with Gasteiger partial charge in [0.1, 0.15) is 59.8 Å². The summed E-state index contributed by atoms with van der Waals surface area (Å²) in [7, 11) is 0.628. The highest BCUT2D eigenvalue weighted by molar-refractivity contribution is 6.76. The first-order chi connectivity index (χ1) is 39.6. The van der Waals surface area contributed by atoms with Crippen LogP contribution in [0.2, 0.25) is 25.7 Å². The predicted molar refractivity (Wildman–Crippen MR) is 366 cm³/mol. The van der Waals surface area contributed by atoms with E-state index in [1.165, 1.54) is 18.9 Å². The van der Waals surface area contributed by atoms with Gasteiger partial charge in [-0.1, -0.05) is 80.9 Å². The molecule has 0 radical (unpaired) electrons. The van der Waals surface area contributed by atoms with Crippen LogP contribution in [0.5, 0.6) is 0 Å². The van der Waals surface area contributed by atoms with Gasteiger partial charge in [0.2, 0.25) is 0 Å². The van der Waals surface area contributed by atoms with Gasteiger partial charge in [-0.3, -0.25) is 0 Å². The van der Waals surface area contributed by atoms with Crippen LogP contribution in [0, 0.1) is 24.7 Å². The molecule has 17 heteroatoms. The summed E-state index contributed by atoms with van der Waals surface area (Å²) in [5.74, 6) is 4.83. The lowest BCUT2D eigenvalue weighted by Crippen LogP contribution is -2.31. The van der Waals surface area contributed by atoms with Crippen LogP contribution in [0.25, 0.3) is 0 Å². The number of hydrogen-bond donors (Lipinski definition) is 0. The predicted octanol–water partition coefficient (Wildman–Crippen LogP) is 17.3. The van der Waals surface area contributed by atoms with Gasteiger partial charge in [0.05, 0.1) is 65.6 Å². The quantitative estimate of drug-likeness (QED) is 0.0230. The topological polar surface area (TPSA) is 148 Å². The van der Waals surface area contributed by atoms with Crippen molar-refractivity contribution in [3.8, 4) is 24.7 Å². The summed E-state index contributed by atoms with van der Waals surface area (Å²) in [5.41, 5.74) is -0.214. The van der Waals surface area contributed by atoms with Gasteiger partial charge in [-0.15, -0.1) is 19.4 Å². The molecule has 520 valence electrons. The number of hydrogen-bond acceptors (Lipinski definition) is 16. The maximum atomic E-state index is 5.66. The molecule has 87 heavy (non-hydrogen) atoms. The Balaban J connectivity index is -0.000000168. The molecule has 0 aromatic heterocycles. The van der Waals surface area contributed by atoms with E-state index >= 15 is 0 Å². The molecule has 1 heterocycles. The Morgan fingerprint density at radius 1 is 0.540 bits per heavy atom. The minimum absolute atomic E-state index is 0.0451. The number of rotatable bonds is 29. The van der Waals surface area contributed by atoms with Gasteiger partial charge in [0, 0.05) is 28.4 Å². The van der Waals surface area contributed by atoms with Crippen LogP contribution < -0.4 is 0 Å².